The molecule has 4 atom stereocenters. The highest BCUT2D eigenvalue weighted by Crippen LogP contribution is 2.43. The van der Waals surface area contributed by atoms with Crippen LogP contribution in [0, 0.1) is 0 Å². The lowest BCUT2D eigenvalue weighted by molar-refractivity contribution is 0.127. The number of hydrogen-bond donors (Lipinski definition) is 1. The Labute approximate surface area is 131 Å². The first-order valence-corrected chi connectivity index (χ1v) is 8.84. The summed E-state index contributed by atoms with van der Waals surface area (Å²) in [6.07, 6.45) is 2.71. The Kier molecular flexibility index (Phi) is 4.77. The van der Waals surface area contributed by atoms with Gasteiger partial charge >= 0.3 is 0 Å². The zero-order chi connectivity index (χ0) is 14.8. The van der Waals surface area contributed by atoms with Crippen molar-refractivity contribution in [3.8, 4) is 5.75 Å². The van der Waals surface area contributed by atoms with Crippen molar-refractivity contribution in [1.82, 2.24) is 5.32 Å². The smallest absolute Gasteiger partial charge is 0.119 e. The van der Waals surface area contributed by atoms with Crippen LogP contribution in [0.2, 0.25) is 0 Å². The molecule has 1 fully saturated rings. The number of thioether (sulfide) groups is 1. The number of methoxy groups -OCH3 is 1. The summed E-state index contributed by atoms with van der Waals surface area (Å²) >= 11 is 2.11. The average Bonchev–Trinajstić information content (AvgIpc) is 3.04. The van der Waals surface area contributed by atoms with Crippen LogP contribution in [0.3, 0.4) is 0 Å². The molecule has 1 saturated heterocycles. The number of rotatable bonds is 5. The molecule has 0 aromatic heterocycles. The highest BCUT2D eigenvalue weighted by atomic mass is 32.2. The van der Waals surface area contributed by atoms with Gasteiger partial charge in [-0.05, 0) is 49.6 Å². The standard InChI is InChI=1S/C17H25NO2S/c1-4-18-17-14-10-13(19-3)6-5-12(14)9-16(17)21-15-7-8-20-11(15)2/h5-6,10-11,15-18H,4,7-9H2,1-3H3. The Hall–Kier alpha value is -0.710. The SMILES string of the molecule is CCNC1c2cc(OC)ccc2CC1SC1CCOC1C. The highest BCUT2D eigenvalue weighted by Gasteiger charge is 2.36. The van der Waals surface area contributed by atoms with Crippen LogP contribution in [0.4, 0.5) is 0 Å². The van der Waals surface area contributed by atoms with E-state index in [1.807, 2.05) is 0 Å². The van der Waals surface area contributed by atoms with Crippen LogP contribution < -0.4 is 10.1 Å². The summed E-state index contributed by atoms with van der Waals surface area (Å²) in [5, 5.41) is 4.90. The summed E-state index contributed by atoms with van der Waals surface area (Å²) < 4.78 is 11.1. The quantitative estimate of drug-likeness (QED) is 0.905. The highest BCUT2D eigenvalue weighted by molar-refractivity contribution is 8.00. The lowest BCUT2D eigenvalue weighted by atomic mass is 10.1. The number of benzene rings is 1. The van der Waals surface area contributed by atoms with E-state index in [1.54, 1.807) is 7.11 Å². The van der Waals surface area contributed by atoms with E-state index in [4.69, 9.17) is 9.47 Å². The van der Waals surface area contributed by atoms with Crippen LogP contribution in [0.25, 0.3) is 0 Å². The molecule has 3 nitrogen and oxygen atoms in total. The van der Waals surface area contributed by atoms with E-state index in [0.717, 1.165) is 25.3 Å². The largest absolute Gasteiger partial charge is 0.497 e. The van der Waals surface area contributed by atoms with Crippen molar-refractivity contribution in [2.75, 3.05) is 20.3 Å². The van der Waals surface area contributed by atoms with E-state index in [9.17, 15) is 0 Å². The number of hydrogen-bond acceptors (Lipinski definition) is 4. The minimum Gasteiger partial charge on any atom is -0.497 e. The molecule has 1 aliphatic carbocycles. The van der Waals surface area contributed by atoms with Gasteiger partial charge in [-0.15, -0.1) is 0 Å². The van der Waals surface area contributed by atoms with Crippen molar-refractivity contribution in [2.24, 2.45) is 0 Å². The Morgan fingerprint density at radius 2 is 2.24 bits per heavy atom. The van der Waals surface area contributed by atoms with Crippen LogP contribution in [-0.4, -0.2) is 36.9 Å². The van der Waals surface area contributed by atoms with Gasteiger partial charge < -0.3 is 14.8 Å². The summed E-state index contributed by atoms with van der Waals surface area (Å²) in [7, 11) is 1.74. The predicted molar refractivity (Wildman–Crippen MR) is 88.3 cm³/mol. The van der Waals surface area contributed by atoms with Crippen LogP contribution in [0.1, 0.15) is 37.4 Å². The van der Waals surface area contributed by atoms with Crippen LogP contribution >= 0.6 is 11.8 Å². The van der Waals surface area contributed by atoms with Crippen molar-refractivity contribution >= 4 is 11.8 Å². The van der Waals surface area contributed by atoms with Crippen molar-refractivity contribution < 1.29 is 9.47 Å². The molecule has 4 heteroatoms. The fourth-order valence-corrected chi connectivity index (χ4v) is 5.07. The van der Waals surface area contributed by atoms with E-state index in [2.05, 4.69) is 49.1 Å². The lowest BCUT2D eigenvalue weighted by Gasteiger charge is -2.25. The van der Waals surface area contributed by atoms with Crippen LogP contribution in [0.5, 0.6) is 5.75 Å². The fraction of sp³-hybridized carbons (Fsp3) is 0.647. The van der Waals surface area contributed by atoms with Gasteiger partial charge in [-0.3, -0.25) is 0 Å². The van der Waals surface area contributed by atoms with Gasteiger partial charge in [-0.1, -0.05) is 13.0 Å². The molecule has 1 heterocycles. The second-order valence-corrected chi connectivity index (χ2v) is 7.36. The molecular formula is C17H25NO2S. The molecule has 3 rings (SSSR count). The minimum atomic E-state index is 0.385. The zero-order valence-corrected chi connectivity index (χ0v) is 13.9. The van der Waals surface area contributed by atoms with Crippen molar-refractivity contribution in [3.05, 3.63) is 29.3 Å². The molecule has 0 saturated carbocycles. The molecule has 116 valence electrons. The van der Waals surface area contributed by atoms with Gasteiger partial charge in [-0.2, -0.15) is 11.8 Å². The molecule has 0 bridgehead atoms. The van der Waals surface area contributed by atoms with E-state index in [1.165, 1.54) is 17.5 Å². The first-order chi connectivity index (χ1) is 10.2. The van der Waals surface area contributed by atoms with Crippen molar-refractivity contribution in [2.45, 2.75) is 49.3 Å². The average molecular weight is 307 g/mol. The summed E-state index contributed by atoms with van der Waals surface area (Å²) in [5.74, 6) is 0.958. The number of fused-ring (bicyclic) bond motifs is 1. The molecule has 0 spiro atoms. The second-order valence-electron chi connectivity index (χ2n) is 5.88. The van der Waals surface area contributed by atoms with Gasteiger partial charge in [0.25, 0.3) is 0 Å². The van der Waals surface area contributed by atoms with Gasteiger partial charge in [0, 0.05) is 23.1 Å². The maximum Gasteiger partial charge on any atom is 0.119 e. The van der Waals surface area contributed by atoms with Gasteiger partial charge in [0.05, 0.1) is 13.2 Å². The van der Waals surface area contributed by atoms with Gasteiger partial charge in [0.15, 0.2) is 0 Å². The summed E-state index contributed by atoms with van der Waals surface area (Å²) in [6.45, 7) is 6.30. The van der Waals surface area contributed by atoms with Crippen LogP contribution in [-0.2, 0) is 11.2 Å². The van der Waals surface area contributed by atoms with E-state index >= 15 is 0 Å². The third-order valence-electron chi connectivity index (χ3n) is 4.56. The maximum atomic E-state index is 5.72. The molecule has 1 aromatic rings. The molecule has 1 aliphatic heterocycles. The zero-order valence-electron chi connectivity index (χ0n) is 13.1. The molecular weight excluding hydrogens is 282 g/mol. The number of ether oxygens (including phenoxy) is 2. The third kappa shape index (κ3) is 3.08. The first-order valence-electron chi connectivity index (χ1n) is 7.90. The van der Waals surface area contributed by atoms with Gasteiger partial charge in [0.2, 0.25) is 0 Å². The Morgan fingerprint density at radius 1 is 1.38 bits per heavy atom. The van der Waals surface area contributed by atoms with E-state index in [-0.39, 0.29) is 0 Å². The monoisotopic (exact) mass is 307 g/mol. The minimum absolute atomic E-state index is 0.385. The molecule has 1 N–H and O–H groups in total. The summed E-state index contributed by atoms with van der Waals surface area (Å²) in [5.41, 5.74) is 2.88. The Balaban J connectivity index is 1.79. The first kappa shape index (κ1) is 15.2. The van der Waals surface area contributed by atoms with Crippen LogP contribution in [0.15, 0.2) is 18.2 Å². The fourth-order valence-electron chi connectivity index (χ4n) is 3.41. The molecule has 21 heavy (non-hydrogen) atoms. The molecule has 0 radical (unpaired) electrons. The topological polar surface area (TPSA) is 30.5 Å². The van der Waals surface area contributed by atoms with E-state index in [0.29, 0.717) is 22.6 Å². The third-order valence-corrected chi connectivity index (χ3v) is 6.32. The Bertz CT molecular complexity index is 494. The lowest BCUT2D eigenvalue weighted by Crippen LogP contribution is -2.29. The molecule has 0 amide bonds. The normalized spacial score (nSPS) is 31.4. The number of nitrogens with one attached hydrogen (secondary N) is 1. The van der Waals surface area contributed by atoms with Gasteiger partial charge in [0.1, 0.15) is 5.75 Å². The Morgan fingerprint density at radius 3 is 2.90 bits per heavy atom. The van der Waals surface area contributed by atoms with E-state index < -0.39 is 0 Å². The molecule has 1 aromatic carbocycles. The van der Waals surface area contributed by atoms with Crippen molar-refractivity contribution in [3.63, 3.8) is 0 Å². The molecule has 4 unspecified atom stereocenters. The molecule has 2 aliphatic rings. The predicted octanol–water partition coefficient (Wildman–Crippen LogP) is 3.18. The summed E-state index contributed by atoms with van der Waals surface area (Å²) in [6, 6.07) is 6.94. The second kappa shape index (κ2) is 6.59. The summed E-state index contributed by atoms with van der Waals surface area (Å²) in [4.78, 5) is 0. The van der Waals surface area contributed by atoms with Gasteiger partial charge in [-0.25, -0.2) is 0 Å². The maximum absolute atomic E-state index is 5.72. The van der Waals surface area contributed by atoms with Crippen molar-refractivity contribution in [1.29, 1.82) is 0 Å².